The highest BCUT2D eigenvalue weighted by Gasteiger charge is 2.57. The van der Waals surface area contributed by atoms with Crippen LogP contribution >= 0.6 is 0 Å². The maximum atomic E-state index is 12.2. The Morgan fingerprint density at radius 3 is 2.50 bits per heavy atom. The number of carbonyl (C=O) groups excluding carboxylic acids is 1. The van der Waals surface area contributed by atoms with E-state index in [4.69, 9.17) is 4.74 Å². The van der Waals surface area contributed by atoms with Gasteiger partial charge in [-0.1, -0.05) is 6.92 Å². The SMILES string of the molecule is CC(=O)[C@H]1COC[C@H]2[C@@H]3CCC4C[C@](C)(O)CCC4[C@H]3CCC12C. The van der Waals surface area contributed by atoms with E-state index in [9.17, 15) is 9.90 Å². The molecule has 0 bridgehead atoms. The summed E-state index contributed by atoms with van der Waals surface area (Å²) < 4.78 is 5.94. The first-order valence-corrected chi connectivity index (χ1v) is 10.1. The van der Waals surface area contributed by atoms with E-state index >= 15 is 0 Å². The second-order valence-corrected chi connectivity index (χ2v) is 9.92. The maximum Gasteiger partial charge on any atom is 0.135 e. The quantitative estimate of drug-likeness (QED) is 0.793. The molecular weight excluding hydrogens is 300 g/mol. The minimum Gasteiger partial charge on any atom is -0.390 e. The van der Waals surface area contributed by atoms with Gasteiger partial charge in [-0.15, -0.1) is 0 Å². The fraction of sp³-hybridized carbons (Fsp3) is 0.952. The van der Waals surface area contributed by atoms with Crippen LogP contribution in [0.25, 0.3) is 0 Å². The van der Waals surface area contributed by atoms with Crippen LogP contribution in [-0.4, -0.2) is 29.7 Å². The highest BCUT2D eigenvalue weighted by Crippen LogP contribution is 2.61. The average molecular weight is 335 g/mol. The van der Waals surface area contributed by atoms with Gasteiger partial charge in [-0.25, -0.2) is 0 Å². The minimum atomic E-state index is -0.440. The molecule has 136 valence electrons. The van der Waals surface area contributed by atoms with Crippen molar-refractivity contribution in [1.82, 2.24) is 0 Å². The molecule has 24 heavy (non-hydrogen) atoms. The van der Waals surface area contributed by atoms with Crippen molar-refractivity contribution in [2.45, 2.75) is 71.3 Å². The maximum absolute atomic E-state index is 12.2. The van der Waals surface area contributed by atoms with Crippen molar-refractivity contribution in [3.63, 3.8) is 0 Å². The van der Waals surface area contributed by atoms with E-state index in [2.05, 4.69) is 6.92 Å². The smallest absolute Gasteiger partial charge is 0.135 e. The van der Waals surface area contributed by atoms with Gasteiger partial charge in [0, 0.05) is 5.92 Å². The van der Waals surface area contributed by atoms with Crippen LogP contribution in [0.15, 0.2) is 0 Å². The molecule has 0 aromatic heterocycles. The summed E-state index contributed by atoms with van der Waals surface area (Å²) in [5.41, 5.74) is -0.289. The Hall–Kier alpha value is -0.410. The van der Waals surface area contributed by atoms with Gasteiger partial charge in [0.2, 0.25) is 0 Å². The molecule has 1 saturated heterocycles. The van der Waals surface area contributed by atoms with Gasteiger partial charge in [-0.2, -0.15) is 0 Å². The summed E-state index contributed by atoms with van der Waals surface area (Å²) in [6, 6.07) is 0. The molecule has 4 rings (SSSR count). The van der Waals surface area contributed by atoms with Crippen molar-refractivity contribution >= 4 is 5.78 Å². The van der Waals surface area contributed by atoms with Crippen molar-refractivity contribution in [2.75, 3.05) is 13.2 Å². The molecule has 3 heteroatoms. The standard InChI is InChI=1S/C21H34O3/c1-13(22)18-11-24-12-19-17-5-4-14-10-20(2,23)8-6-15(14)16(17)7-9-21(18,19)3/h14-19,23H,4-12H2,1-3H3/t14?,15?,16-,17-,18-,19+,20-,21?/m1/s1. The first kappa shape index (κ1) is 17.0. The number of aliphatic hydroxyl groups is 1. The van der Waals surface area contributed by atoms with Gasteiger partial charge in [0.25, 0.3) is 0 Å². The van der Waals surface area contributed by atoms with Crippen LogP contribution in [0.5, 0.6) is 0 Å². The van der Waals surface area contributed by atoms with E-state index in [1.807, 2.05) is 6.92 Å². The van der Waals surface area contributed by atoms with Crippen LogP contribution in [-0.2, 0) is 9.53 Å². The van der Waals surface area contributed by atoms with Crippen molar-refractivity contribution in [1.29, 1.82) is 0 Å². The lowest BCUT2D eigenvalue weighted by atomic mass is 9.46. The number of carbonyl (C=O) groups is 1. The van der Waals surface area contributed by atoms with Gasteiger partial charge in [0.15, 0.2) is 0 Å². The molecule has 4 aliphatic rings. The Morgan fingerprint density at radius 2 is 1.75 bits per heavy atom. The molecule has 0 amide bonds. The Kier molecular flexibility index (Phi) is 4.12. The average Bonchev–Trinajstić information content (AvgIpc) is 2.51. The van der Waals surface area contributed by atoms with Crippen LogP contribution < -0.4 is 0 Å². The van der Waals surface area contributed by atoms with E-state index in [-0.39, 0.29) is 11.3 Å². The summed E-state index contributed by atoms with van der Waals surface area (Å²) in [5.74, 6) is 4.02. The molecule has 3 aliphatic carbocycles. The summed E-state index contributed by atoms with van der Waals surface area (Å²) in [7, 11) is 0. The normalized spacial score (nSPS) is 54.3. The third-order valence-corrected chi connectivity index (χ3v) is 8.54. The van der Waals surface area contributed by atoms with E-state index in [1.54, 1.807) is 6.92 Å². The topological polar surface area (TPSA) is 46.5 Å². The molecule has 0 radical (unpaired) electrons. The molecule has 0 spiro atoms. The van der Waals surface area contributed by atoms with Crippen molar-refractivity contribution in [2.24, 2.45) is 40.9 Å². The highest BCUT2D eigenvalue weighted by atomic mass is 16.5. The number of hydrogen-bond donors (Lipinski definition) is 1. The Morgan fingerprint density at radius 1 is 1.00 bits per heavy atom. The second-order valence-electron chi connectivity index (χ2n) is 9.92. The first-order chi connectivity index (χ1) is 11.3. The summed E-state index contributed by atoms with van der Waals surface area (Å²) in [5, 5.41) is 10.5. The third kappa shape index (κ3) is 2.58. The van der Waals surface area contributed by atoms with Crippen LogP contribution in [0.3, 0.4) is 0 Å². The lowest BCUT2D eigenvalue weighted by molar-refractivity contribution is -0.175. The summed E-state index contributed by atoms with van der Waals surface area (Å²) in [6.07, 6.45) is 8.16. The van der Waals surface area contributed by atoms with Gasteiger partial charge < -0.3 is 9.84 Å². The third-order valence-electron chi connectivity index (χ3n) is 8.54. The Balaban J connectivity index is 1.57. The lowest BCUT2D eigenvalue weighted by Crippen LogP contribution is -2.57. The van der Waals surface area contributed by atoms with Gasteiger partial charge in [-0.3, -0.25) is 4.79 Å². The highest BCUT2D eigenvalue weighted by molar-refractivity contribution is 5.79. The molecule has 0 aromatic rings. The van der Waals surface area contributed by atoms with Gasteiger partial charge >= 0.3 is 0 Å². The summed E-state index contributed by atoms with van der Waals surface area (Å²) >= 11 is 0. The van der Waals surface area contributed by atoms with Gasteiger partial charge in [-0.05, 0) is 93.8 Å². The van der Waals surface area contributed by atoms with E-state index in [1.165, 1.54) is 32.1 Å². The van der Waals surface area contributed by atoms with E-state index < -0.39 is 5.60 Å². The molecule has 3 saturated carbocycles. The fourth-order valence-electron chi connectivity index (χ4n) is 7.26. The van der Waals surface area contributed by atoms with Gasteiger partial charge in [0.05, 0.1) is 18.8 Å². The number of ether oxygens (including phenoxy) is 1. The molecule has 1 heterocycles. The molecule has 4 fully saturated rings. The largest absolute Gasteiger partial charge is 0.390 e. The summed E-state index contributed by atoms with van der Waals surface area (Å²) in [6.45, 7) is 7.65. The van der Waals surface area contributed by atoms with Crippen LogP contribution in [0.4, 0.5) is 0 Å². The van der Waals surface area contributed by atoms with Crippen LogP contribution in [0.1, 0.15) is 65.7 Å². The zero-order valence-electron chi connectivity index (χ0n) is 15.6. The Labute approximate surface area is 146 Å². The molecule has 1 aliphatic heterocycles. The zero-order valence-corrected chi connectivity index (χ0v) is 15.6. The molecule has 1 N–H and O–H groups in total. The number of Topliss-reactive ketones (excluding diaryl/α,β-unsaturated/α-hetero) is 1. The predicted octanol–water partition coefficient (Wildman–Crippen LogP) is 3.83. The lowest BCUT2D eigenvalue weighted by Gasteiger charge is -2.60. The van der Waals surface area contributed by atoms with Crippen LogP contribution in [0.2, 0.25) is 0 Å². The number of ketones is 1. The second kappa shape index (κ2) is 5.81. The van der Waals surface area contributed by atoms with Gasteiger partial charge in [0.1, 0.15) is 5.78 Å². The van der Waals surface area contributed by atoms with Crippen molar-refractivity contribution in [3.8, 4) is 0 Å². The fourth-order valence-corrected chi connectivity index (χ4v) is 7.26. The predicted molar refractivity (Wildman–Crippen MR) is 93.5 cm³/mol. The van der Waals surface area contributed by atoms with Crippen molar-refractivity contribution < 1.29 is 14.6 Å². The zero-order chi connectivity index (χ0) is 17.1. The first-order valence-electron chi connectivity index (χ1n) is 10.1. The number of rotatable bonds is 1. The molecule has 3 unspecified atom stereocenters. The van der Waals surface area contributed by atoms with E-state index in [0.717, 1.165) is 37.2 Å². The van der Waals surface area contributed by atoms with Crippen LogP contribution in [0, 0.1) is 40.9 Å². The molecular formula is C21H34O3. The van der Waals surface area contributed by atoms with Crippen molar-refractivity contribution in [3.05, 3.63) is 0 Å². The monoisotopic (exact) mass is 334 g/mol. The number of hydrogen-bond acceptors (Lipinski definition) is 3. The number of fused-ring (bicyclic) bond motifs is 5. The molecule has 8 atom stereocenters. The van der Waals surface area contributed by atoms with E-state index in [0.29, 0.717) is 24.2 Å². The minimum absolute atomic E-state index is 0.0991. The molecule has 3 nitrogen and oxygen atoms in total. The Bertz CT molecular complexity index is 513. The summed E-state index contributed by atoms with van der Waals surface area (Å²) in [4.78, 5) is 12.2. The molecule has 0 aromatic carbocycles.